The van der Waals surface area contributed by atoms with Crippen LogP contribution < -0.4 is 5.32 Å². The van der Waals surface area contributed by atoms with Gasteiger partial charge in [0, 0.05) is 17.2 Å². The van der Waals surface area contributed by atoms with Crippen LogP contribution in [0.2, 0.25) is 10.0 Å². The predicted molar refractivity (Wildman–Crippen MR) is 147 cm³/mol. The van der Waals surface area contributed by atoms with Gasteiger partial charge in [0.15, 0.2) is 11.0 Å². The van der Waals surface area contributed by atoms with Crippen LogP contribution >= 0.6 is 35.0 Å². The Kier molecular flexibility index (Phi) is 9.30. The second-order valence-electron chi connectivity index (χ2n) is 10.4. The molecule has 8 heteroatoms. The molecule has 0 saturated carbocycles. The van der Waals surface area contributed by atoms with Gasteiger partial charge in [0.2, 0.25) is 5.91 Å². The summed E-state index contributed by atoms with van der Waals surface area (Å²) in [4.78, 5) is 12.8. The molecule has 0 aliphatic heterocycles. The Labute approximate surface area is 223 Å². The molecule has 0 fully saturated rings. The van der Waals surface area contributed by atoms with E-state index in [0.29, 0.717) is 27.4 Å². The van der Waals surface area contributed by atoms with Crippen LogP contribution in [0.4, 0.5) is 0 Å². The van der Waals surface area contributed by atoms with E-state index in [9.17, 15) is 4.79 Å². The molecule has 0 saturated heterocycles. The van der Waals surface area contributed by atoms with E-state index in [0.717, 1.165) is 17.9 Å². The van der Waals surface area contributed by atoms with Crippen molar-refractivity contribution in [2.24, 2.45) is 11.3 Å². The topological polar surface area (TPSA) is 59.8 Å². The zero-order chi connectivity index (χ0) is 25.8. The summed E-state index contributed by atoms with van der Waals surface area (Å²) in [6.45, 7) is 12.7. The summed E-state index contributed by atoms with van der Waals surface area (Å²) in [5.41, 5.74) is 3.32. The van der Waals surface area contributed by atoms with Gasteiger partial charge in [-0.2, -0.15) is 0 Å². The fourth-order valence-electron chi connectivity index (χ4n) is 4.29. The van der Waals surface area contributed by atoms with Crippen LogP contribution in [-0.4, -0.2) is 20.7 Å². The van der Waals surface area contributed by atoms with Crippen LogP contribution in [-0.2, 0) is 10.5 Å². The Morgan fingerprint density at radius 1 is 1.11 bits per heavy atom. The van der Waals surface area contributed by atoms with Gasteiger partial charge in [-0.3, -0.25) is 9.36 Å². The van der Waals surface area contributed by atoms with Gasteiger partial charge in [0.05, 0.1) is 16.8 Å². The average molecular weight is 534 g/mol. The Morgan fingerprint density at radius 2 is 1.86 bits per heavy atom. The third-order valence-corrected chi connectivity index (χ3v) is 7.06. The highest BCUT2D eigenvalue weighted by Crippen LogP contribution is 2.32. The van der Waals surface area contributed by atoms with Crippen LogP contribution in [0.15, 0.2) is 47.6 Å². The molecule has 188 valence electrons. The van der Waals surface area contributed by atoms with E-state index < -0.39 is 0 Å². The van der Waals surface area contributed by atoms with Crippen molar-refractivity contribution in [2.75, 3.05) is 0 Å². The van der Waals surface area contributed by atoms with Gasteiger partial charge in [-0.25, -0.2) is 0 Å². The summed E-state index contributed by atoms with van der Waals surface area (Å²) in [6.07, 6.45) is 1.44. The number of halogens is 2. The molecule has 0 bridgehead atoms. The Bertz CT molecular complexity index is 1170. The number of hydrogen-bond donors (Lipinski definition) is 1. The minimum atomic E-state index is -0.350. The maximum absolute atomic E-state index is 12.8. The van der Waals surface area contributed by atoms with E-state index in [-0.39, 0.29) is 23.3 Å². The number of benzene rings is 2. The predicted octanol–water partition coefficient (Wildman–Crippen LogP) is 7.81. The lowest BCUT2D eigenvalue weighted by Gasteiger charge is -2.23. The molecule has 1 amide bonds. The van der Waals surface area contributed by atoms with E-state index >= 15 is 0 Å². The van der Waals surface area contributed by atoms with Gasteiger partial charge in [0.25, 0.3) is 0 Å². The zero-order valence-corrected chi connectivity index (χ0v) is 23.6. The lowest BCUT2D eigenvalue weighted by atomic mass is 9.84. The quantitative estimate of drug-likeness (QED) is 0.285. The third-order valence-electron chi connectivity index (χ3n) is 5.52. The first-order valence-corrected chi connectivity index (χ1v) is 13.6. The van der Waals surface area contributed by atoms with E-state index in [1.807, 2.05) is 17.6 Å². The van der Waals surface area contributed by atoms with Gasteiger partial charge in [0.1, 0.15) is 0 Å². The van der Waals surface area contributed by atoms with Gasteiger partial charge in [-0.1, -0.05) is 92.5 Å². The number of carbonyl (C=O) groups excluding carboxylic acids is 1. The first-order chi connectivity index (χ1) is 16.4. The van der Waals surface area contributed by atoms with E-state index in [2.05, 4.69) is 74.4 Å². The molecular formula is C27H34Cl2N4OS. The Balaban J connectivity index is 1.85. The number of amides is 1. The number of aryl methyl sites for hydroxylation is 1. The van der Waals surface area contributed by atoms with Crippen molar-refractivity contribution < 1.29 is 4.79 Å². The molecule has 2 atom stereocenters. The highest BCUT2D eigenvalue weighted by molar-refractivity contribution is 7.98. The largest absolute Gasteiger partial charge is 0.346 e. The second kappa shape index (κ2) is 11.8. The average Bonchev–Trinajstić information content (AvgIpc) is 3.14. The molecule has 1 aromatic heterocycles. The van der Waals surface area contributed by atoms with Gasteiger partial charge in [-0.05, 0) is 55.4 Å². The van der Waals surface area contributed by atoms with Crippen LogP contribution in [0.1, 0.15) is 70.5 Å². The van der Waals surface area contributed by atoms with Crippen molar-refractivity contribution in [2.45, 2.75) is 71.3 Å². The third kappa shape index (κ3) is 7.99. The SMILES string of the molecule is Cc1cccc(CSc2nnc(C(C)NC(=O)CC(C)CC(C)(C)C)n2-c2ccc(Cl)cc2Cl)c1. The maximum Gasteiger partial charge on any atom is 0.220 e. The minimum absolute atomic E-state index is 0.0000307. The van der Waals surface area contributed by atoms with Crippen LogP contribution in [0.3, 0.4) is 0 Å². The van der Waals surface area contributed by atoms with Crippen LogP contribution in [0.5, 0.6) is 0 Å². The molecule has 3 aromatic rings. The Hall–Kier alpha value is -2.02. The minimum Gasteiger partial charge on any atom is -0.346 e. The van der Waals surface area contributed by atoms with Crippen molar-refractivity contribution in [3.8, 4) is 5.69 Å². The number of nitrogens with one attached hydrogen (secondary N) is 1. The molecule has 0 radical (unpaired) electrons. The number of aromatic nitrogens is 3. The van der Waals surface area contributed by atoms with Gasteiger partial charge < -0.3 is 5.32 Å². The van der Waals surface area contributed by atoms with Crippen molar-refractivity contribution >= 4 is 40.9 Å². The molecule has 0 aliphatic carbocycles. The van der Waals surface area contributed by atoms with Crippen molar-refractivity contribution in [3.63, 3.8) is 0 Å². The maximum atomic E-state index is 12.8. The van der Waals surface area contributed by atoms with E-state index in [1.165, 1.54) is 11.1 Å². The molecule has 2 aromatic carbocycles. The molecule has 1 N–H and O–H groups in total. The summed E-state index contributed by atoms with van der Waals surface area (Å²) >= 11 is 14.3. The highest BCUT2D eigenvalue weighted by atomic mass is 35.5. The normalized spacial score (nSPS) is 13.5. The van der Waals surface area contributed by atoms with Gasteiger partial charge >= 0.3 is 0 Å². The summed E-state index contributed by atoms with van der Waals surface area (Å²) in [7, 11) is 0. The standard InChI is InChI=1S/C27H34Cl2N4OS/c1-17-8-7-9-20(12-17)16-35-26-32-31-25(33(26)23-11-10-21(28)14-22(23)29)19(3)30-24(34)13-18(2)15-27(4,5)6/h7-12,14,18-19H,13,15-16H2,1-6H3,(H,30,34). The molecular weight excluding hydrogens is 499 g/mol. The number of carbonyl (C=O) groups is 1. The van der Waals surface area contributed by atoms with Gasteiger partial charge in [-0.15, -0.1) is 10.2 Å². The Morgan fingerprint density at radius 3 is 2.51 bits per heavy atom. The van der Waals surface area contributed by atoms with Crippen molar-refractivity contribution in [1.82, 2.24) is 20.1 Å². The summed E-state index contributed by atoms with van der Waals surface area (Å²) in [6, 6.07) is 13.4. The summed E-state index contributed by atoms with van der Waals surface area (Å²) in [5, 5.41) is 13.8. The molecule has 0 spiro atoms. The first-order valence-electron chi connectivity index (χ1n) is 11.8. The second-order valence-corrected chi connectivity index (χ2v) is 12.2. The molecule has 3 rings (SSSR count). The molecule has 1 heterocycles. The number of thioether (sulfide) groups is 1. The molecule has 0 aliphatic rings. The summed E-state index contributed by atoms with van der Waals surface area (Å²) in [5.74, 6) is 1.64. The molecule has 35 heavy (non-hydrogen) atoms. The van der Waals surface area contributed by atoms with E-state index in [1.54, 1.807) is 23.9 Å². The monoisotopic (exact) mass is 532 g/mol. The van der Waals surface area contributed by atoms with Crippen LogP contribution in [0, 0.1) is 18.3 Å². The smallest absolute Gasteiger partial charge is 0.220 e. The first kappa shape index (κ1) is 27.6. The fraction of sp³-hybridized carbons (Fsp3) is 0.444. The van der Waals surface area contributed by atoms with E-state index in [4.69, 9.17) is 23.2 Å². The van der Waals surface area contributed by atoms with Crippen LogP contribution in [0.25, 0.3) is 5.69 Å². The molecule has 2 unspecified atom stereocenters. The van der Waals surface area contributed by atoms with Crippen molar-refractivity contribution in [1.29, 1.82) is 0 Å². The fourth-order valence-corrected chi connectivity index (χ4v) is 5.68. The summed E-state index contributed by atoms with van der Waals surface area (Å²) < 4.78 is 1.92. The number of rotatable bonds is 9. The van der Waals surface area contributed by atoms with Crippen molar-refractivity contribution in [3.05, 3.63) is 69.5 Å². The highest BCUT2D eigenvalue weighted by Gasteiger charge is 2.24. The lowest BCUT2D eigenvalue weighted by molar-refractivity contribution is -0.122. The number of nitrogens with zero attached hydrogens (tertiary/aromatic N) is 3. The molecule has 5 nitrogen and oxygen atoms in total. The lowest BCUT2D eigenvalue weighted by Crippen LogP contribution is -2.30. The zero-order valence-electron chi connectivity index (χ0n) is 21.2. The number of hydrogen-bond acceptors (Lipinski definition) is 4.